The standard InChI is InChI=1S/C24H23N5O2S/c30-23-20(4-1-2-10-25-23)28-24(31)21-15-17(22-19(27-21)9-13-32-22)14-16-5-7-18(8-6-16)29-12-3-11-26-29/h3,5-9,11-13,15,20H,1-2,4,10,14H2,(H,25,30)(H,28,31). The molecule has 2 amide bonds. The van der Waals surface area contributed by atoms with E-state index in [4.69, 9.17) is 0 Å². The summed E-state index contributed by atoms with van der Waals surface area (Å²) >= 11 is 1.62. The highest BCUT2D eigenvalue weighted by molar-refractivity contribution is 7.17. The predicted octanol–water partition coefficient (Wildman–Crippen LogP) is 3.47. The van der Waals surface area contributed by atoms with Crippen LogP contribution in [0.15, 0.2) is 60.2 Å². The Hall–Kier alpha value is -3.52. The monoisotopic (exact) mass is 445 g/mol. The first-order chi connectivity index (χ1) is 15.7. The molecule has 3 aromatic heterocycles. The summed E-state index contributed by atoms with van der Waals surface area (Å²) in [7, 11) is 0. The number of carbonyl (C=O) groups excluding carboxylic acids is 2. The van der Waals surface area contributed by atoms with E-state index in [0.717, 1.165) is 39.9 Å². The minimum Gasteiger partial charge on any atom is -0.354 e. The van der Waals surface area contributed by atoms with Crippen molar-refractivity contribution < 1.29 is 9.59 Å². The fraction of sp³-hybridized carbons (Fsp3) is 0.250. The average Bonchev–Trinajstić information content (AvgIpc) is 3.47. The summed E-state index contributed by atoms with van der Waals surface area (Å²) in [5, 5.41) is 12.0. The number of rotatable bonds is 5. The molecule has 1 aliphatic heterocycles. The van der Waals surface area contributed by atoms with E-state index in [0.29, 0.717) is 25.1 Å². The molecule has 1 fully saturated rings. The van der Waals surface area contributed by atoms with E-state index in [1.165, 1.54) is 0 Å². The van der Waals surface area contributed by atoms with Crippen LogP contribution in [0.5, 0.6) is 0 Å². The summed E-state index contributed by atoms with van der Waals surface area (Å²) in [6, 6.07) is 13.4. The number of amides is 2. The van der Waals surface area contributed by atoms with Crippen LogP contribution in [0.3, 0.4) is 0 Å². The zero-order valence-electron chi connectivity index (χ0n) is 17.5. The molecule has 7 nitrogen and oxygen atoms in total. The van der Waals surface area contributed by atoms with Crippen LogP contribution in [0.2, 0.25) is 0 Å². The molecule has 0 aliphatic carbocycles. The van der Waals surface area contributed by atoms with Crippen molar-refractivity contribution in [2.75, 3.05) is 6.54 Å². The van der Waals surface area contributed by atoms with Crippen molar-refractivity contribution in [3.63, 3.8) is 0 Å². The van der Waals surface area contributed by atoms with E-state index in [1.54, 1.807) is 17.5 Å². The summed E-state index contributed by atoms with van der Waals surface area (Å²) in [6.45, 7) is 0.660. The van der Waals surface area contributed by atoms with Crippen LogP contribution < -0.4 is 10.6 Å². The zero-order valence-corrected chi connectivity index (χ0v) is 18.3. The minimum absolute atomic E-state index is 0.120. The highest BCUT2D eigenvalue weighted by Gasteiger charge is 2.24. The maximum absolute atomic E-state index is 13.0. The molecule has 0 radical (unpaired) electrons. The first-order valence-electron chi connectivity index (χ1n) is 10.7. The Bertz CT molecular complexity index is 1250. The van der Waals surface area contributed by atoms with Crippen molar-refractivity contribution in [2.45, 2.75) is 31.7 Å². The van der Waals surface area contributed by atoms with Gasteiger partial charge in [-0.25, -0.2) is 9.67 Å². The van der Waals surface area contributed by atoms with Crippen LogP contribution in [0.25, 0.3) is 15.9 Å². The Kier molecular flexibility index (Phi) is 5.68. The van der Waals surface area contributed by atoms with Gasteiger partial charge in [0.05, 0.1) is 15.9 Å². The molecule has 1 saturated heterocycles. The van der Waals surface area contributed by atoms with E-state index < -0.39 is 6.04 Å². The lowest BCUT2D eigenvalue weighted by Crippen LogP contribution is -2.45. The number of fused-ring (bicyclic) bond motifs is 1. The molecule has 8 heteroatoms. The van der Waals surface area contributed by atoms with Crippen molar-refractivity contribution in [3.05, 3.63) is 77.1 Å². The van der Waals surface area contributed by atoms with Crippen molar-refractivity contribution in [3.8, 4) is 5.69 Å². The van der Waals surface area contributed by atoms with Gasteiger partial charge in [-0.1, -0.05) is 12.1 Å². The Morgan fingerprint density at radius 1 is 1.22 bits per heavy atom. The quantitative estimate of drug-likeness (QED) is 0.492. The van der Waals surface area contributed by atoms with Crippen molar-refractivity contribution in [1.82, 2.24) is 25.4 Å². The second-order valence-electron chi connectivity index (χ2n) is 7.91. The first-order valence-corrected chi connectivity index (χ1v) is 11.6. The fourth-order valence-electron chi connectivity index (χ4n) is 3.99. The van der Waals surface area contributed by atoms with E-state index in [1.807, 2.05) is 46.6 Å². The first kappa shape index (κ1) is 20.4. The number of hydrogen-bond acceptors (Lipinski definition) is 5. The lowest BCUT2D eigenvalue weighted by molar-refractivity contribution is -0.122. The summed E-state index contributed by atoms with van der Waals surface area (Å²) in [5.74, 6) is -0.430. The van der Waals surface area contributed by atoms with Crippen LogP contribution in [0, 0.1) is 0 Å². The molecule has 1 unspecified atom stereocenters. The van der Waals surface area contributed by atoms with Crippen molar-refractivity contribution in [1.29, 1.82) is 0 Å². The Morgan fingerprint density at radius 3 is 2.91 bits per heavy atom. The summed E-state index contributed by atoms with van der Waals surface area (Å²) in [5.41, 5.74) is 4.33. The highest BCUT2D eigenvalue weighted by atomic mass is 32.1. The van der Waals surface area contributed by atoms with E-state index in [9.17, 15) is 9.59 Å². The van der Waals surface area contributed by atoms with Gasteiger partial charge in [-0.2, -0.15) is 5.10 Å². The number of aromatic nitrogens is 3. The number of hydrogen-bond donors (Lipinski definition) is 2. The van der Waals surface area contributed by atoms with Gasteiger partial charge in [0, 0.05) is 18.9 Å². The molecule has 0 saturated carbocycles. The second kappa shape index (κ2) is 8.92. The molecular formula is C24H23N5O2S. The number of carbonyl (C=O) groups is 2. The largest absolute Gasteiger partial charge is 0.354 e. The van der Waals surface area contributed by atoms with E-state index in [2.05, 4.69) is 32.8 Å². The van der Waals surface area contributed by atoms with Crippen LogP contribution >= 0.6 is 11.3 Å². The summed E-state index contributed by atoms with van der Waals surface area (Å²) in [6.07, 6.45) is 6.83. The third kappa shape index (κ3) is 4.27. The summed E-state index contributed by atoms with van der Waals surface area (Å²) in [4.78, 5) is 29.7. The predicted molar refractivity (Wildman–Crippen MR) is 124 cm³/mol. The van der Waals surface area contributed by atoms with Gasteiger partial charge in [-0.15, -0.1) is 11.3 Å². The molecule has 4 heterocycles. The number of benzene rings is 1. The molecule has 2 N–H and O–H groups in total. The van der Waals surface area contributed by atoms with Crippen LogP contribution in [0.4, 0.5) is 0 Å². The van der Waals surface area contributed by atoms with Gasteiger partial charge < -0.3 is 10.6 Å². The minimum atomic E-state index is -0.511. The molecule has 32 heavy (non-hydrogen) atoms. The molecule has 4 aromatic rings. The fourth-order valence-corrected chi connectivity index (χ4v) is 4.84. The number of thiophene rings is 1. The maximum atomic E-state index is 13.0. The molecule has 1 atom stereocenters. The molecule has 1 aromatic carbocycles. The zero-order chi connectivity index (χ0) is 21.9. The molecule has 0 spiro atoms. The average molecular weight is 446 g/mol. The topological polar surface area (TPSA) is 88.9 Å². The smallest absolute Gasteiger partial charge is 0.270 e. The molecular weight excluding hydrogens is 422 g/mol. The molecule has 5 rings (SSSR count). The van der Waals surface area contributed by atoms with E-state index in [-0.39, 0.29) is 11.8 Å². The number of pyridine rings is 1. The third-order valence-corrected chi connectivity index (χ3v) is 6.64. The van der Waals surface area contributed by atoms with Gasteiger partial charge in [0.2, 0.25) is 5.91 Å². The van der Waals surface area contributed by atoms with Crippen molar-refractivity contribution in [2.24, 2.45) is 0 Å². The number of nitrogens with zero attached hydrogens (tertiary/aromatic N) is 3. The lowest BCUT2D eigenvalue weighted by Gasteiger charge is -2.15. The molecule has 162 valence electrons. The Balaban J connectivity index is 1.39. The normalized spacial score (nSPS) is 16.5. The molecule has 0 bridgehead atoms. The van der Waals surface area contributed by atoms with Crippen LogP contribution in [-0.2, 0) is 11.2 Å². The second-order valence-corrected chi connectivity index (χ2v) is 8.82. The lowest BCUT2D eigenvalue weighted by atomic mass is 10.0. The molecule has 1 aliphatic rings. The maximum Gasteiger partial charge on any atom is 0.270 e. The van der Waals surface area contributed by atoms with E-state index >= 15 is 0 Å². The van der Waals surface area contributed by atoms with Gasteiger partial charge in [0.15, 0.2) is 0 Å². The van der Waals surface area contributed by atoms with Gasteiger partial charge in [-0.3, -0.25) is 9.59 Å². The van der Waals surface area contributed by atoms with Crippen LogP contribution in [-0.4, -0.2) is 39.2 Å². The highest BCUT2D eigenvalue weighted by Crippen LogP contribution is 2.27. The Labute approximate surface area is 189 Å². The van der Waals surface area contributed by atoms with Gasteiger partial charge in [0.1, 0.15) is 11.7 Å². The van der Waals surface area contributed by atoms with Crippen molar-refractivity contribution >= 4 is 33.4 Å². The van der Waals surface area contributed by atoms with Crippen LogP contribution in [0.1, 0.15) is 40.9 Å². The van der Waals surface area contributed by atoms with Gasteiger partial charge >= 0.3 is 0 Å². The third-order valence-electron chi connectivity index (χ3n) is 5.66. The Morgan fingerprint density at radius 2 is 2.09 bits per heavy atom. The number of nitrogens with one attached hydrogen (secondary N) is 2. The SMILES string of the molecule is O=C(NC1CCCCNC1=O)c1cc(Cc2ccc(-n3cccn3)cc2)c2sccc2n1. The van der Waals surface area contributed by atoms with Gasteiger partial charge in [0.25, 0.3) is 5.91 Å². The van der Waals surface area contributed by atoms with Gasteiger partial charge in [-0.05, 0) is 72.5 Å². The summed E-state index contributed by atoms with van der Waals surface area (Å²) < 4.78 is 2.89.